The van der Waals surface area contributed by atoms with Crippen LogP contribution >= 0.6 is 0 Å². The van der Waals surface area contributed by atoms with Crippen molar-refractivity contribution in [3.8, 4) is 0 Å². The molecular formula is C20H29N3O4S. The lowest BCUT2D eigenvalue weighted by atomic mass is 9.91. The maximum absolute atomic E-state index is 12.6. The Morgan fingerprint density at radius 3 is 2.61 bits per heavy atom. The summed E-state index contributed by atoms with van der Waals surface area (Å²) in [7, 11) is -3.75. The lowest BCUT2D eigenvalue weighted by molar-refractivity contribution is -0.0425. The van der Waals surface area contributed by atoms with Crippen molar-refractivity contribution in [3.05, 3.63) is 17.5 Å². The minimum atomic E-state index is -3.75. The molecule has 3 heterocycles. The zero-order chi connectivity index (χ0) is 19.4. The Morgan fingerprint density at radius 2 is 1.93 bits per heavy atom. The quantitative estimate of drug-likeness (QED) is 0.828. The molecule has 154 valence electrons. The SMILES string of the molecule is O=C(NS(=O)(=O)CC1CCC2(CCCCCC2)O1)c1cc2n(n1)CC1(CC1)C2. The van der Waals surface area contributed by atoms with Crippen molar-refractivity contribution < 1.29 is 17.9 Å². The summed E-state index contributed by atoms with van der Waals surface area (Å²) >= 11 is 0. The molecule has 3 fully saturated rings. The lowest BCUT2D eigenvalue weighted by Crippen LogP contribution is -2.38. The maximum Gasteiger partial charge on any atom is 0.285 e. The molecule has 1 unspecified atom stereocenters. The van der Waals surface area contributed by atoms with Gasteiger partial charge < -0.3 is 4.74 Å². The average molecular weight is 408 g/mol. The van der Waals surface area contributed by atoms with E-state index in [1.54, 1.807) is 6.07 Å². The number of ether oxygens (including phenoxy) is 1. The van der Waals surface area contributed by atoms with Gasteiger partial charge in [-0.15, -0.1) is 0 Å². The molecule has 5 rings (SSSR count). The van der Waals surface area contributed by atoms with Crippen molar-refractivity contribution in [2.24, 2.45) is 5.41 Å². The van der Waals surface area contributed by atoms with Gasteiger partial charge in [-0.2, -0.15) is 5.10 Å². The molecule has 1 atom stereocenters. The number of sulfonamides is 1. The zero-order valence-electron chi connectivity index (χ0n) is 16.3. The van der Waals surface area contributed by atoms with Gasteiger partial charge in [0.1, 0.15) is 0 Å². The minimum Gasteiger partial charge on any atom is -0.371 e. The Labute approximate surface area is 166 Å². The van der Waals surface area contributed by atoms with Crippen LogP contribution in [0.2, 0.25) is 0 Å². The molecule has 1 saturated heterocycles. The largest absolute Gasteiger partial charge is 0.371 e. The molecule has 0 aromatic carbocycles. The second-order valence-corrected chi connectivity index (χ2v) is 11.2. The Hall–Kier alpha value is -1.41. The van der Waals surface area contributed by atoms with Crippen molar-refractivity contribution in [1.29, 1.82) is 0 Å². The highest BCUT2D eigenvalue weighted by Gasteiger charge is 2.48. The van der Waals surface area contributed by atoms with E-state index in [-0.39, 0.29) is 23.2 Å². The number of hydrogen-bond donors (Lipinski definition) is 1. The van der Waals surface area contributed by atoms with Crippen LogP contribution in [0.5, 0.6) is 0 Å². The molecule has 0 radical (unpaired) electrons. The number of aromatic nitrogens is 2. The normalized spacial score (nSPS) is 27.6. The third-order valence-corrected chi connectivity index (χ3v) is 8.41. The Bertz CT molecular complexity index is 854. The predicted molar refractivity (Wildman–Crippen MR) is 103 cm³/mol. The van der Waals surface area contributed by atoms with Gasteiger partial charge in [0, 0.05) is 12.2 Å². The topological polar surface area (TPSA) is 90.3 Å². The first-order chi connectivity index (χ1) is 13.4. The highest BCUT2D eigenvalue weighted by molar-refractivity contribution is 7.90. The van der Waals surface area contributed by atoms with Crippen LogP contribution in [0, 0.1) is 5.41 Å². The monoisotopic (exact) mass is 407 g/mol. The van der Waals surface area contributed by atoms with Crippen LogP contribution in [0.15, 0.2) is 6.07 Å². The van der Waals surface area contributed by atoms with E-state index in [0.29, 0.717) is 5.41 Å². The summed E-state index contributed by atoms with van der Waals surface area (Å²) in [4.78, 5) is 12.5. The standard InChI is InChI=1S/C20H29N3O4S/c24-18(17-11-15-12-19(9-10-19)14-23(15)21-17)22-28(25,26)13-16-5-8-20(27-16)6-3-1-2-4-7-20/h11,16H,1-10,12-14H2,(H,22,24). The van der Waals surface area contributed by atoms with Crippen molar-refractivity contribution in [2.75, 3.05) is 5.75 Å². The fraction of sp³-hybridized carbons (Fsp3) is 0.800. The molecule has 1 aromatic heterocycles. The van der Waals surface area contributed by atoms with E-state index in [1.165, 1.54) is 25.7 Å². The second-order valence-electron chi connectivity index (χ2n) is 9.44. The molecule has 8 heteroatoms. The Morgan fingerprint density at radius 1 is 1.18 bits per heavy atom. The fourth-order valence-electron chi connectivity index (χ4n) is 5.35. The molecule has 1 amide bonds. The van der Waals surface area contributed by atoms with Crippen molar-refractivity contribution >= 4 is 15.9 Å². The number of hydrogen-bond acceptors (Lipinski definition) is 5. The number of amides is 1. The van der Waals surface area contributed by atoms with Crippen LogP contribution in [0.4, 0.5) is 0 Å². The number of carbonyl (C=O) groups is 1. The average Bonchev–Trinajstić information content (AvgIpc) is 3.01. The lowest BCUT2D eigenvalue weighted by Gasteiger charge is -2.28. The van der Waals surface area contributed by atoms with Crippen molar-refractivity contribution in [3.63, 3.8) is 0 Å². The van der Waals surface area contributed by atoms with E-state index in [4.69, 9.17) is 4.74 Å². The van der Waals surface area contributed by atoms with Gasteiger partial charge in [-0.1, -0.05) is 25.7 Å². The molecule has 7 nitrogen and oxygen atoms in total. The van der Waals surface area contributed by atoms with Crippen LogP contribution in [0.25, 0.3) is 0 Å². The molecule has 0 bridgehead atoms. The van der Waals surface area contributed by atoms with Gasteiger partial charge in [0.2, 0.25) is 10.0 Å². The number of fused-ring (bicyclic) bond motifs is 1. The van der Waals surface area contributed by atoms with Gasteiger partial charge >= 0.3 is 0 Å². The summed E-state index contributed by atoms with van der Waals surface area (Å²) in [6.45, 7) is 0.848. The van der Waals surface area contributed by atoms with Gasteiger partial charge in [0.25, 0.3) is 5.91 Å². The number of nitrogens with zero attached hydrogens (tertiary/aromatic N) is 2. The summed E-state index contributed by atoms with van der Waals surface area (Å²) in [5, 5.41) is 4.33. The molecule has 1 aromatic rings. The van der Waals surface area contributed by atoms with E-state index in [0.717, 1.165) is 57.2 Å². The van der Waals surface area contributed by atoms with E-state index < -0.39 is 15.9 Å². The molecule has 2 aliphatic heterocycles. The van der Waals surface area contributed by atoms with Gasteiger partial charge in [-0.25, -0.2) is 13.1 Å². The van der Waals surface area contributed by atoms with Gasteiger partial charge in [0.05, 0.1) is 17.5 Å². The first kappa shape index (κ1) is 18.6. The van der Waals surface area contributed by atoms with E-state index in [1.807, 2.05) is 4.68 Å². The minimum absolute atomic E-state index is 0.135. The molecule has 2 saturated carbocycles. The van der Waals surface area contributed by atoms with Gasteiger partial charge in [0.15, 0.2) is 5.69 Å². The van der Waals surface area contributed by atoms with E-state index in [9.17, 15) is 13.2 Å². The van der Waals surface area contributed by atoms with Crippen LogP contribution in [-0.4, -0.2) is 41.6 Å². The second kappa shape index (κ2) is 6.55. The summed E-state index contributed by atoms with van der Waals surface area (Å²) < 4.78 is 35.4. The third kappa shape index (κ3) is 3.61. The Balaban J connectivity index is 1.19. The highest BCUT2D eigenvalue weighted by atomic mass is 32.2. The van der Waals surface area contributed by atoms with Crippen LogP contribution in [-0.2, 0) is 27.7 Å². The number of carbonyl (C=O) groups excluding carboxylic acids is 1. The smallest absolute Gasteiger partial charge is 0.285 e. The summed E-state index contributed by atoms with van der Waals surface area (Å²) in [6.07, 6.45) is 11.6. The highest BCUT2D eigenvalue weighted by Crippen LogP contribution is 2.53. The van der Waals surface area contributed by atoms with Crippen LogP contribution < -0.4 is 4.72 Å². The van der Waals surface area contributed by atoms with Gasteiger partial charge in [-0.3, -0.25) is 9.48 Å². The molecule has 2 spiro atoms. The van der Waals surface area contributed by atoms with Crippen molar-refractivity contribution in [2.45, 2.75) is 88.9 Å². The van der Waals surface area contributed by atoms with Crippen LogP contribution in [0.3, 0.4) is 0 Å². The van der Waals surface area contributed by atoms with E-state index >= 15 is 0 Å². The maximum atomic E-state index is 12.6. The first-order valence-electron chi connectivity index (χ1n) is 10.7. The molecule has 4 aliphatic rings. The molecule has 1 N–H and O–H groups in total. The third-order valence-electron chi connectivity index (χ3n) is 7.10. The summed E-state index contributed by atoms with van der Waals surface area (Å²) in [5.41, 5.74) is 1.47. The summed E-state index contributed by atoms with van der Waals surface area (Å²) in [6, 6.07) is 1.74. The number of nitrogens with one attached hydrogen (secondary N) is 1. The Kier molecular flexibility index (Phi) is 4.36. The van der Waals surface area contributed by atoms with Crippen molar-refractivity contribution in [1.82, 2.24) is 14.5 Å². The number of rotatable bonds is 4. The zero-order valence-corrected chi connectivity index (χ0v) is 17.1. The van der Waals surface area contributed by atoms with Gasteiger partial charge in [-0.05, 0) is 56.4 Å². The fourth-order valence-corrected chi connectivity index (χ4v) is 6.54. The molecule has 28 heavy (non-hydrogen) atoms. The van der Waals surface area contributed by atoms with E-state index in [2.05, 4.69) is 9.82 Å². The molecule has 2 aliphatic carbocycles. The van der Waals surface area contributed by atoms with Crippen LogP contribution in [0.1, 0.15) is 80.4 Å². The molecular weight excluding hydrogens is 378 g/mol. The summed E-state index contributed by atoms with van der Waals surface area (Å²) in [5.74, 6) is -0.786. The first-order valence-corrected chi connectivity index (χ1v) is 12.3. The predicted octanol–water partition coefficient (Wildman–Crippen LogP) is 2.55.